The molecular weight excluding hydrogens is 358 g/mol. The van der Waals surface area contributed by atoms with Crippen LogP contribution in [0.5, 0.6) is 0 Å². The van der Waals surface area contributed by atoms with Crippen LogP contribution in [0, 0.1) is 11.3 Å². The highest BCUT2D eigenvalue weighted by Crippen LogP contribution is 2.27. The maximum absolute atomic E-state index is 12.9. The molecule has 0 saturated carbocycles. The van der Waals surface area contributed by atoms with E-state index in [1.165, 1.54) is 11.1 Å². The number of amides is 1. The maximum atomic E-state index is 12.9. The van der Waals surface area contributed by atoms with E-state index < -0.39 is 0 Å². The minimum atomic E-state index is -0.283. The number of aromatic nitrogens is 2. The highest BCUT2D eigenvalue weighted by atomic mass is 16.1. The van der Waals surface area contributed by atoms with Gasteiger partial charge in [0.1, 0.15) is 11.9 Å². The highest BCUT2D eigenvalue weighted by Gasteiger charge is 2.36. The summed E-state index contributed by atoms with van der Waals surface area (Å²) in [5.74, 6) is 1.22. The molecule has 0 radical (unpaired) electrons. The fourth-order valence-corrected chi connectivity index (χ4v) is 4.19. The number of nitrogens with one attached hydrogen (secondary N) is 3. The molecule has 3 fully saturated rings. The molecule has 144 valence electrons. The highest BCUT2D eigenvalue weighted by molar-refractivity contribution is 6.06. The predicted octanol–water partition coefficient (Wildman–Crippen LogP) is -0.376. The van der Waals surface area contributed by atoms with Crippen molar-refractivity contribution in [3.63, 3.8) is 0 Å². The molecule has 1 aromatic heterocycles. The lowest BCUT2D eigenvalue weighted by molar-refractivity contribution is -0.112. The van der Waals surface area contributed by atoms with Crippen LogP contribution in [0.4, 0.5) is 5.69 Å². The van der Waals surface area contributed by atoms with Gasteiger partial charge in [0, 0.05) is 51.2 Å². The Bertz CT molecular complexity index is 958. The van der Waals surface area contributed by atoms with Gasteiger partial charge in [0.05, 0.1) is 11.3 Å². The number of amidine groups is 1. The molecule has 0 aliphatic carbocycles. The lowest BCUT2D eigenvalue weighted by atomic mass is 9.93. The van der Waals surface area contributed by atoms with Crippen molar-refractivity contribution in [2.75, 3.05) is 25.0 Å². The lowest BCUT2D eigenvalue weighted by Crippen LogP contribution is -2.62. The van der Waals surface area contributed by atoms with Crippen LogP contribution in [0.3, 0.4) is 0 Å². The standard InChI is InChI=1S/C18H21N9O/c1-25-10-15(14(6-19)24-25)22-18(28)13-8-21-27-5-4-16(23-17(13)27)26-9-11-2-3-12(26)7-20-11/h4-5,10-12,20-21H,2-3,7-9H2,1H3,(H,22,28). The molecule has 10 nitrogen and oxygen atoms in total. The molecule has 2 atom stereocenters. The Morgan fingerprint density at radius 3 is 3.04 bits per heavy atom. The first kappa shape index (κ1) is 17.0. The Labute approximate surface area is 162 Å². The molecule has 6 rings (SSSR count). The molecule has 5 aliphatic heterocycles. The quantitative estimate of drug-likeness (QED) is 0.642. The summed E-state index contributed by atoms with van der Waals surface area (Å²) >= 11 is 0. The average Bonchev–Trinajstić information content (AvgIpc) is 3.31. The van der Waals surface area contributed by atoms with E-state index in [0.29, 0.717) is 35.7 Å². The zero-order chi connectivity index (χ0) is 19.3. The molecule has 5 aliphatic rings. The molecule has 6 heterocycles. The number of aliphatic imine (C=N–C) groups is 1. The first-order valence-corrected chi connectivity index (χ1v) is 9.40. The topological polar surface area (TPSA) is 114 Å². The van der Waals surface area contributed by atoms with E-state index in [-0.39, 0.29) is 11.6 Å². The average molecular weight is 379 g/mol. The summed E-state index contributed by atoms with van der Waals surface area (Å²) in [7, 11) is 1.71. The number of piperidine rings is 2. The fourth-order valence-electron chi connectivity index (χ4n) is 4.19. The second kappa shape index (κ2) is 6.47. The molecule has 10 heteroatoms. The van der Waals surface area contributed by atoms with Crippen molar-refractivity contribution >= 4 is 17.4 Å². The summed E-state index contributed by atoms with van der Waals surface area (Å²) < 4.78 is 1.50. The number of piperazine rings is 1. The van der Waals surface area contributed by atoms with Gasteiger partial charge in [0.2, 0.25) is 0 Å². The van der Waals surface area contributed by atoms with Crippen LogP contribution in [0.1, 0.15) is 18.5 Å². The van der Waals surface area contributed by atoms with Crippen molar-refractivity contribution in [1.29, 1.82) is 5.26 Å². The Kier molecular flexibility index (Phi) is 3.92. The van der Waals surface area contributed by atoms with E-state index in [4.69, 9.17) is 4.99 Å². The maximum Gasteiger partial charge on any atom is 0.256 e. The second-order valence-electron chi connectivity index (χ2n) is 7.41. The molecule has 28 heavy (non-hydrogen) atoms. The summed E-state index contributed by atoms with van der Waals surface area (Å²) in [4.78, 5) is 20.0. The van der Waals surface area contributed by atoms with Crippen LogP contribution < -0.4 is 16.1 Å². The smallest absolute Gasteiger partial charge is 0.256 e. The van der Waals surface area contributed by atoms with Gasteiger partial charge in [-0.2, -0.15) is 10.4 Å². The Balaban J connectivity index is 1.42. The van der Waals surface area contributed by atoms with Crippen LogP contribution >= 0.6 is 0 Å². The summed E-state index contributed by atoms with van der Waals surface area (Å²) in [5.41, 5.74) is 4.28. The molecular formula is C18H21N9O. The monoisotopic (exact) mass is 379 g/mol. The van der Waals surface area contributed by atoms with Crippen molar-refractivity contribution in [3.05, 3.63) is 35.6 Å². The van der Waals surface area contributed by atoms with Crippen molar-refractivity contribution in [2.45, 2.75) is 24.9 Å². The number of hydrogen-bond donors (Lipinski definition) is 3. The van der Waals surface area contributed by atoms with Crippen LogP contribution in [0.2, 0.25) is 0 Å². The van der Waals surface area contributed by atoms with Gasteiger partial charge in [-0.1, -0.05) is 0 Å². The first-order valence-electron chi connectivity index (χ1n) is 9.40. The van der Waals surface area contributed by atoms with Gasteiger partial charge in [-0.15, -0.1) is 0 Å². The minimum absolute atomic E-state index is 0.189. The molecule has 2 unspecified atom stereocenters. The number of hydrogen-bond acceptors (Lipinski definition) is 8. The van der Waals surface area contributed by atoms with E-state index in [9.17, 15) is 10.1 Å². The summed E-state index contributed by atoms with van der Waals surface area (Å²) in [6.07, 6.45) is 7.89. The molecule has 1 aromatic rings. The molecule has 3 N–H and O–H groups in total. The third kappa shape index (κ3) is 2.76. The normalized spacial score (nSPS) is 25.6. The molecule has 0 aromatic carbocycles. The predicted molar refractivity (Wildman–Crippen MR) is 102 cm³/mol. The van der Waals surface area contributed by atoms with Crippen LogP contribution in [0.15, 0.2) is 34.9 Å². The number of nitrogens with zero attached hydrogens (tertiary/aromatic N) is 6. The van der Waals surface area contributed by atoms with Crippen molar-refractivity contribution in [2.24, 2.45) is 12.0 Å². The van der Waals surface area contributed by atoms with E-state index in [2.05, 4.69) is 26.1 Å². The van der Waals surface area contributed by atoms with Gasteiger partial charge in [-0.3, -0.25) is 14.5 Å². The Morgan fingerprint density at radius 1 is 1.43 bits per heavy atom. The van der Waals surface area contributed by atoms with Crippen LogP contribution in [-0.2, 0) is 11.8 Å². The minimum Gasteiger partial charge on any atom is -0.351 e. The zero-order valence-corrected chi connectivity index (χ0v) is 15.5. The Morgan fingerprint density at radius 2 is 2.32 bits per heavy atom. The number of carbonyl (C=O) groups excluding carboxylic acids is 1. The van der Waals surface area contributed by atoms with Gasteiger partial charge in [0.25, 0.3) is 5.91 Å². The SMILES string of the molecule is Cn1cc(NC(=O)C2=C3N=C(N4CC5CCC4CN5)C=CN3NC2)c(C#N)n1. The summed E-state index contributed by atoms with van der Waals surface area (Å²) in [6.45, 7) is 2.29. The van der Waals surface area contributed by atoms with Gasteiger partial charge >= 0.3 is 0 Å². The number of nitriles is 1. The summed E-state index contributed by atoms with van der Waals surface area (Å²) in [5, 5.41) is 21.3. The molecule has 3 saturated heterocycles. The zero-order valence-electron chi connectivity index (χ0n) is 15.5. The lowest BCUT2D eigenvalue weighted by Gasteiger charge is -2.47. The second-order valence-corrected chi connectivity index (χ2v) is 7.41. The van der Waals surface area contributed by atoms with Gasteiger partial charge in [0.15, 0.2) is 11.5 Å². The van der Waals surface area contributed by atoms with Crippen molar-refractivity contribution in [3.8, 4) is 6.07 Å². The molecule has 0 spiro atoms. The third-order valence-corrected chi connectivity index (χ3v) is 5.62. The van der Waals surface area contributed by atoms with Crippen LogP contribution in [0.25, 0.3) is 0 Å². The number of carbonyl (C=O) groups is 1. The number of aryl methyl sites for hydroxylation is 1. The number of hydrazine groups is 1. The van der Waals surface area contributed by atoms with E-state index in [0.717, 1.165) is 25.3 Å². The van der Waals surface area contributed by atoms with E-state index >= 15 is 0 Å². The third-order valence-electron chi connectivity index (χ3n) is 5.62. The van der Waals surface area contributed by atoms with Gasteiger partial charge in [-0.05, 0) is 18.9 Å². The number of fused-ring (bicyclic) bond motifs is 4. The van der Waals surface area contributed by atoms with Crippen LogP contribution in [-0.4, -0.2) is 63.2 Å². The Hall–Kier alpha value is -3.16. The van der Waals surface area contributed by atoms with Crippen molar-refractivity contribution in [1.82, 2.24) is 30.4 Å². The molecule has 1 amide bonds. The van der Waals surface area contributed by atoms with Gasteiger partial charge < -0.3 is 15.5 Å². The number of rotatable bonds is 2. The van der Waals surface area contributed by atoms with Gasteiger partial charge in [-0.25, -0.2) is 10.4 Å². The first-order chi connectivity index (χ1) is 13.6. The van der Waals surface area contributed by atoms with E-state index in [1.807, 2.05) is 18.3 Å². The van der Waals surface area contributed by atoms with Crippen molar-refractivity contribution < 1.29 is 4.79 Å². The fraction of sp³-hybridized carbons (Fsp3) is 0.444. The summed E-state index contributed by atoms with van der Waals surface area (Å²) in [6, 6.07) is 2.95. The molecule has 2 bridgehead atoms. The number of anilines is 1. The largest absolute Gasteiger partial charge is 0.351 e. The van der Waals surface area contributed by atoms with E-state index in [1.54, 1.807) is 18.3 Å².